The Labute approximate surface area is 137 Å². The van der Waals surface area contributed by atoms with Crippen molar-refractivity contribution in [3.8, 4) is 4.20 Å². The van der Waals surface area contributed by atoms with Gasteiger partial charge in [-0.2, -0.15) is 0 Å². The predicted octanol–water partition coefficient (Wildman–Crippen LogP) is 3.62. The molecule has 125 valence electrons. The van der Waals surface area contributed by atoms with Gasteiger partial charge >= 0.3 is 43.1 Å². The third-order valence-corrected chi connectivity index (χ3v) is 0.854. The molecule has 4 heteroatoms. The number of unbranched alkanes of at least 4 members (excludes halogenated alkanes) is 1. The van der Waals surface area contributed by atoms with Crippen LogP contribution >= 0.6 is 0 Å². The SMILES string of the molecule is CC(C)(C)O.CC(C)(C)O.CC(C)(C)O.CCC[C]#[Mo]. The van der Waals surface area contributed by atoms with Crippen LogP contribution in [0, 0.1) is 4.20 Å². The van der Waals surface area contributed by atoms with Gasteiger partial charge in [0.1, 0.15) is 0 Å². The summed E-state index contributed by atoms with van der Waals surface area (Å²) in [6, 6.07) is 0. The third kappa shape index (κ3) is 1000. The van der Waals surface area contributed by atoms with Crippen molar-refractivity contribution in [3.05, 3.63) is 0 Å². The van der Waals surface area contributed by atoms with Crippen LogP contribution in [0.25, 0.3) is 0 Å². The zero-order valence-corrected chi connectivity index (χ0v) is 17.2. The molecule has 0 heterocycles. The molecule has 0 aliphatic heterocycles. The predicted molar refractivity (Wildman–Crippen MR) is 84.7 cm³/mol. The van der Waals surface area contributed by atoms with Crippen molar-refractivity contribution in [2.75, 3.05) is 0 Å². The summed E-state index contributed by atoms with van der Waals surface area (Å²) < 4.78 is 3.03. The first-order valence-corrected chi connectivity index (χ1v) is 7.94. The summed E-state index contributed by atoms with van der Waals surface area (Å²) in [6.45, 7) is 17.8. The molecule has 0 fully saturated rings. The standard InChI is InChI=1S/3C4H10O.C4H7.Mo/c3*1-4(2,3)5;1-3-4-2;/h3*5H,1-3H3;3-4H2,1H3;. The van der Waals surface area contributed by atoms with E-state index in [2.05, 4.69) is 11.1 Å². The molecule has 0 unspecified atom stereocenters. The van der Waals surface area contributed by atoms with E-state index in [9.17, 15) is 0 Å². The van der Waals surface area contributed by atoms with E-state index in [0.29, 0.717) is 0 Å². The zero-order chi connectivity index (χ0) is 17.6. The van der Waals surface area contributed by atoms with Gasteiger partial charge in [0, 0.05) is 0 Å². The molecule has 0 rings (SSSR count). The second kappa shape index (κ2) is 14.3. The topological polar surface area (TPSA) is 60.7 Å². The Kier molecular flexibility index (Phi) is 20.4. The van der Waals surface area contributed by atoms with Crippen molar-refractivity contribution in [3.63, 3.8) is 0 Å². The average Bonchev–Trinajstić information content (AvgIpc) is 1.94. The first kappa shape index (κ1) is 28.5. The van der Waals surface area contributed by atoms with Crippen LogP contribution in [0.5, 0.6) is 0 Å². The molecule has 0 saturated carbocycles. The maximum atomic E-state index is 8.52. The normalized spacial score (nSPS) is 10.6. The summed E-state index contributed by atoms with van der Waals surface area (Å²) in [7, 11) is 0. The summed E-state index contributed by atoms with van der Waals surface area (Å²) in [5.74, 6) is 0. The molecular formula is C16H37MoO3. The average molecular weight is 373 g/mol. The molecule has 3 N–H and O–H groups in total. The molecule has 0 aliphatic carbocycles. The molecule has 3 nitrogen and oxygen atoms in total. The van der Waals surface area contributed by atoms with Crippen molar-refractivity contribution in [1.29, 1.82) is 0 Å². The van der Waals surface area contributed by atoms with Crippen LogP contribution in [0.2, 0.25) is 0 Å². The molecule has 0 spiro atoms. The van der Waals surface area contributed by atoms with Crippen LogP contribution in [0.4, 0.5) is 0 Å². The van der Waals surface area contributed by atoms with Gasteiger partial charge in [-0.25, -0.2) is 0 Å². The molecule has 0 amide bonds. The van der Waals surface area contributed by atoms with Gasteiger partial charge in [0.25, 0.3) is 0 Å². The van der Waals surface area contributed by atoms with Gasteiger partial charge in [-0.05, 0) is 62.3 Å². The zero-order valence-electron chi connectivity index (χ0n) is 15.2. The van der Waals surface area contributed by atoms with Crippen LogP contribution in [-0.4, -0.2) is 32.1 Å². The van der Waals surface area contributed by atoms with Gasteiger partial charge in [0.2, 0.25) is 0 Å². The Bertz CT molecular complexity index is 178. The number of hydrogen-bond acceptors (Lipinski definition) is 3. The number of aliphatic hydroxyl groups is 3. The van der Waals surface area contributed by atoms with Gasteiger partial charge in [-0.15, -0.1) is 0 Å². The van der Waals surface area contributed by atoms with Crippen LogP contribution in [0.15, 0.2) is 0 Å². The molecule has 0 aliphatic rings. The van der Waals surface area contributed by atoms with E-state index in [1.807, 2.05) is 19.2 Å². The van der Waals surface area contributed by atoms with E-state index in [1.165, 1.54) is 6.42 Å². The van der Waals surface area contributed by atoms with E-state index < -0.39 is 16.8 Å². The van der Waals surface area contributed by atoms with E-state index in [1.54, 1.807) is 62.3 Å². The molecule has 20 heavy (non-hydrogen) atoms. The van der Waals surface area contributed by atoms with Gasteiger partial charge in [0.15, 0.2) is 0 Å². The molecule has 0 aromatic rings. The number of hydrogen-bond donors (Lipinski definition) is 3. The maximum absolute atomic E-state index is 8.52. The Morgan fingerprint density at radius 1 is 0.700 bits per heavy atom. The second-order valence-electron chi connectivity index (χ2n) is 7.41. The fourth-order valence-electron chi connectivity index (χ4n) is 0.102. The van der Waals surface area contributed by atoms with Gasteiger partial charge < -0.3 is 15.3 Å². The summed E-state index contributed by atoms with van der Waals surface area (Å²) in [5.41, 5.74) is -1.50. The van der Waals surface area contributed by atoms with E-state index in [-0.39, 0.29) is 0 Å². The first-order valence-electron chi connectivity index (χ1n) is 6.94. The summed E-state index contributed by atoms with van der Waals surface area (Å²) in [6.07, 6.45) is 2.38. The fraction of sp³-hybridized carbons (Fsp3) is 0.938. The van der Waals surface area contributed by atoms with Crippen molar-refractivity contribution in [2.24, 2.45) is 0 Å². The van der Waals surface area contributed by atoms with Crippen LogP contribution in [0.3, 0.4) is 0 Å². The van der Waals surface area contributed by atoms with Crippen LogP contribution in [-0.2, 0) is 19.2 Å². The second-order valence-corrected chi connectivity index (χ2v) is 8.12. The van der Waals surface area contributed by atoms with Gasteiger partial charge in [-0.1, -0.05) is 0 Å². The molecule has 0 saturated heterocycles. The molecule has 0 radical (unpaired) electrons. The van der Waals surface area contributed by atoms with Gasteiger partial charge in [-0.3, -0.25) is 0 Å². The van der Waals surface area contributed by atoms with E-state index in [4.69, 9.17) is 15.3 Å². The minimum atomic E-state index is -0.500. The number of rotatable bonds is 1. The van der Waals surface area contributed by atoms with Crippen LogP contribution in [0.1, 0.15) is 82.1 Å². The summed E-state index contributed by atoms with van der Waals surface area (Å²) in [5, 5.41) is 25.6. The quantitative estimate of drug-likeness (QED) is 0.615. The summed E-state index contributed by atoms with van der Waals surface area (Å²) >= 11 is 1.90. The van der Waals surface area contributed by atoms with E-state index >= 15 is 0 Å². The first-order chi connectivity index (χ1) is 8.41. The van der Waals surface area contributed by atoms with Gasteiger partial charge in [0.05, 0.1) is 16.8 Å². The van der Waals surface area contributed by atoms with Crippen molar-refractivity contribution in [2.45, 2.75) is 98.9 Å². The Balaban J connectivity index is -0.0000000853. The van der Waals surface area contributed by atoms with Crippen LogP contribution < -0.4 is 0 Å². The molecular weight excluding hydrogens is 336 g/mol. The van der Waals surface area contributed by atoms with E-state index in [0.717, 1.165) is 6.42 Å². The van der Waals surface area contributed by atoms with Crippen molar-refractivity contribution in [1.82, 2.24) is 0 Å². The van der Waals surface area contributed by atoms with Crippen molar-refractivity contribution >= 4 is 0 Å². The molecule has 0 aromatic heterocycles. The molecule has 0 bridgehead atoms. The fourth-order valence-corrected chi connectivity index (χ4v) is 0.604. The Hall–Kier alpha value is 0.348. The molecule has 0 atom stereocenters. The third-order valence-electron chi connectivity index (χ3n) is 0.352. The Morgan fingerprint density at radius 2 is 0.850 bits per heavy atom. The molecule has 0 aromatic carbocycles. The van der Waals surface area contributed by atoms with Crippen molar-refractivity contribution < 1.29 is 34.5 Å². The monoisotopic (exact) mass is 375 g/mol. The Morgan fingerprint density at radius 3 is 0.850 bits per heavy atom. The summed E-state index contributed by atoms with van der Waals surface area (Å²) in [4.78, 5) is 0. The minimum absolute atomic E-state index is 0.500.